The molecule has 1 rings (SSSR count). The molecule has 1 N–H and O–H groups in total. The van der Waals surface area contributed by atoms with E-state index in [-0.39, 0.29) is 6.10 Å². The number of hydrogen-bond acceptors (Lipinski definition) is 3. The summed E-state index contributed by atoms with van der Waals surface area (Å²) in [7, 11) is 0. The van der Waals surface area contributed by atoms with Crippen LogP contribution in [0.4, 0.5) is 0 Å². The second-order valence-corrected chi connectivity index (χ2v) is 5.95. The molecule has 0 amide bonds. The molecule has 1 aliphatic carbocycles. The van der Waals surface area contributed by atoms with E-state index < -0.39 is 12.1 Å². The molecular formula is C13H24O3. The average molecular weight is 228 g/mol. The SMILES string of the molecule is C[C@H](O)C(=O)OC1CCC(C(C)(C)C)CC1. The Balaban J connectivity index is 2.35. The molecule has 0 heterocycles. The maximum absolute atomic E-state index is 11.2. The van der Waals surface area contributed by atoms with Gasteiger partial charge < -0.3 is 9.84 Å². The van der Waals surface area contributed by atoms with Crippen LogP contribution in [0.25, 0.3) is 0 Å². The highest BCUT2D eigenvalue weighted by atomic mass is 16.6. The van der Waals surface area contributed by atoms with E-state index >= 15 is 0 Å². The molecule has 0 bridgehead atoms. The zero-order chi connectivity index (χ0) is 12.3. The zero-order valence-electron chi connectivity index (χ0n) is 10.8. The molecule has 3 nitrogen and oxygen atoms in total. The van der Waals surface area contributed by atoms with Crippen molar-refractivity contribution in [3.8, 4) is 0 Å². The third-order valence-corrected chi connectivity index (χ3v) is 3.52. The fourth-order valence-corrected chi connectivity index (χ4v) is 2.31. The van der Waals surface area contributed by atoms with E-state index in [1.165, 1.54) is 6.92 Å². The van der Waals surface area contributed by atoms with Gasteiger partial charge >= 0.3 is 5.97 Å². The molecule has 0 radical (unpaired) electrons. The Kier molecular flexibility index (Phi) is 4.36. The van der Waals surface area contributed by atoms with Crippen LogP contribution in [0, 0.1) is 11.3 Å². The third kappa shape index (κ3) is 3.78. The van der Waals surface area contributed by atoms with Crippen LogP contribution < -0.4 is 0 Å². The largest absolute Gasteiger partial charge is 0.460 e. The fourth-order valence-electron chi connectivity index (χ4n) is 2.31. The van der Waals surface area contributed by atoms with Gasteiger partial charge in [0.15, 0.2) is 0 Å². The topological polar surface area (TPSA) is 46.5 Å². The first-order chi connectivity index (χ1) is 7.30. The summed E-state index contributed by atoms with van der Waals surface area (Å²) in [5.74, 6) is 0.230. The maximum atomic E-state index is 11.2. The molecule has 1 fully saturated rings. The monoisotopic (exact) mass is 228 g/mol. The number of esters is 1. The van der Waals surface area contributed by atoms with Crippen LogP contribution in [0.5, 0.6) is 0 Å². The predicted molar refractivity (Wildman–Crippen MR) is 63.0 cm³/mol. The quantitative estimate of drug-likeness (QED) is 0.739. The molecule has 0 aromatic heterocycles. The summed E-state index contributed by atoms with van der Waals surface area (Å²) in [4.78, 5) is 11.2. The number of carbonyl (C=O) groups is 1. The van der Waals surface area contributed by atoms with Crippen LogP contribution in [-0.2, 0) is 9.53 Å². The summed E-state index contributed by atoms with van der Waals surface area (Å²) in [6, 6.07) is 0. The van der Waals surface area contributed by atoms with Crippen molar-refractivity contribution in [3.05, 3.63) is 0 Å². The number of aliphatic hydroxyl groups is 1. The Morgan fingerprint density at radius 3 is 2.12 bits per heavy atom. The molecular weight excluding hydrogens is 204 g/mol. The number of hydrogen-bond donors (Lipinski definition) is 1. The standard InChI is InChI=1S/C13H24O3/c1-9(14)12(15)16-11-7-5-10(6-8-11)13(2,3)4/h9-11,14H,5-8H2,1-4H3/t9-,10?,11?/m0/s1. The van der Waals surface area contributed by atoms with Crippen molar-refractivity contribution < 1.29 is 14.6 Å². The molecule has 0 spiro atoms. The van der Waals surface area contributed by atoms with E-state index in [2.05, 4.69) is 20.8 Å². The van der Waals surface area contributed by atoms with Crippen LogP contribution >= 0.6 is 0 Å². The number of carbonyl (C=O) groups excluding carboxylic acids is 1. The lowest BCUT2D eigenvalue weighted by Gasteiger charge is -2.36. The lowest BCUT2D eigenvalue weighted by Crippen LogP contribution is -2.32. The van der Waals surface area contributed by atoms with Gasteiger partial charge in [-0.25, -0.2) is 4.79 Å². The molecule has 0 unspecified atom stereocenters. The van der Waals surface area contributed by atoms with Crippen molar-refractivity contribution in [1.29, 1.82) is 0 Å². The van der Waals surface area contributed by atoms with Gasteiger partial charge in [0, 0.05) is 0 Å². The molecule has 1 atom stereocenters. The minimum absolute atomic E-state index is 0.0145. The van der Waals surface area contributed by atoms with Crippen LogP contribution in [0.2, 0.25) is 0 Å². The van der Waals surface area contributed by atoms with Gasteiger partial charge in [0.1, 0.15) is 12.2 Å². The summed E-state index contributed by atoms with van der Waals surface area (Å²) in [5, 5.41) is 9.06. The molecule has 16 heavy (non-hydrogen) atoms. The van der Waals surface area contributed by atoms with Gasteiger partial charge in [0.25, 0.3) is 0 Å². The van der Waals surface area contributed by atoms with E-state index in [4.69, 9.17) is 9.84 Å². The highest BCUT2D eigenvalue weighted by Gasteiger charge is 2.31. The summed E-state index contributed by atoms with van der Waals surface area (Å²) in [6.45, 7) is 8.24. The van der Waals surface area contributed by atoms with E-state index in [0.717, 1.165) is 25.7 Å². The maximum Gasteiger partial charge on any atom is 0.334 e. The van der Waals surface area contributed by atoms with Crippen molar-refractivity contribution in [2.24, 2.45) is 11.3 Å². The van der Waals surface area contributed by atoms with Gasteiger partial charge in [-0.3, -0.25) is 0 Å². The van der Waals surface area contributed by atoms with Crippen molar-refractivity contribution in [3.63, 3.8) is 0 Å². The smallest absolute Gasteiger partial charge is 0.334 e. The van der Waals surface area contributed by atoms with Crippen LogP contribution in [0.1, 0.15) is 53.4 Å². The minimum Gasteiger partial charge on any atom is -0.460 e. The second kappa shape index (κ2) is 5.17. The normalized spacial score (nSPS) is 28.6. The van der Waals surface area contributed by atoms with E-state index in [1.807, 2.05) is 0 Å². The summed E-state index contributed by atoms with van der Waals surface area (Å²) in [5.41, 5.74) is 0.346. The lowest BCUT2D eigenvalue weighted by atomic mass is 9.72. The Hall–Kier alpha value is -0.570. The van der Waals surface area contributed by atoms with Crippen molar-refractivity contribution >= 4 is 5.97 Å². The Morgan fingerprint density at radius 2 is 1.75 bits per heavy atom. The molecule has 0 aromatic carbocycles. The van der Waals surface area contributed by atoms with Gasteiger partial charge in [-0.2, -0.15) is 0 Å². The van der Waals surface area contributed by atoms with E-state index in [0.29, 0.717) is 11.3 Å². The first kappa shape index (κ1) is 13.5. The second-order valence-electron chi connectivity index (χ2n) is 5.95. The van der Waals surface area contributed by atoms with Gasteiger partial charge in [-0.05, 0) is 43.9 Å². The van der Waals surface area contributed by atoms with Crippen molar-refractivity contribution in [2.45, 2.75) is 65.6 Å². The number of aliphatic hydroxyl groups excluding tert-OH is 1. The zero-order valence-corrected chi connectivity index (χ0v) is 10.8. The summed E-state index contributed by atoms with van der Waals surface area (Å²) >= 11 is 0. The van der Waals surface area contributed by atoms with E-state index in [1.54, 1.807) is 0 Å². The van der Waals surface area contributed by atoms with Gasteiger partial charge in [0.2, 0.25) is 0 Å². The van der Waals surface area contributed by atoms with Crippen LogP contribution in [0.3, 0.4) is 0 Å². The summed E-state index contributed by atoms with van der Waals surface area (Å²) in [6.07, 6.45) is 3.10. The first-order valence-corrected chi connectivity index (χ1v) is 6.19. The lowest BCUT2D eigenvalue weighted by molar-refractivity contribution is -0.160. The molecule has 94 valence electrons. The molecule has 0 aromatic rings. The predicted octanol–water partition coefficient (Wildman–Crippen LogP) is 2.52. The van der Waals surface area contributed by atoms with Crippen LogP contribution in [-0.4, -0.2) is 23.3 Å². The Morgan fingerprint density at radius 1 is 1.25 bits per heavy atom. The third-order valence-electron chi connectivity index (χ3n) is 3.52. The highest BCUT2D eigenvalue weighted by molar-refractivity contribution is 5.73. The molecule has 3 heteroatoms. The molecule has 0 saturated heterocycles. The Bertz CT molecular complexity index is 232. The van der Waals surface area contributed by atoms with Gasteiger partial charge in [-0.1, -0.05) is 20.8 Å². The first-order valence-electron chi connectivity index (χ1n) is 6.19. The molecule has 0 aliphatic heterocycles. The highest BCUT2D eigenvalue weighted by Crippen LogP contribution is 2.38. The number of ether oxygens (including phenoxy) is 1. The fraction of sp³-hybridized carbons (Fsp3) is 0.923. The Labute approximate surface area is 98.2 Å². The van der Waals surface area contributed by atoms with Crippen molar-refractivity contribution in [2.75, 3.05) is 0 Å². The summed E-state index contributed by atoms with van der Waals surface area (Å²) < 4.78 is 5.22. The van der Waals surface area contributed by atoms with Gasteiger partial charge in [-0.15, -0.1) is 0 Å². The average Bonchev–Trinajstić information content (AvgIpc) is 2.17. The molecule has 1 aliphatic rings. The van der Waals surface area contributed by atoms with Crippen LogP contribution in [0.15, 0.2) is 0 Å². The van der Waals surface area contributed by atoms with E-state index in [9.17, 15) is 4.79 Å². The minimum atomic E-state index is -1.000. The van der Waals surface area contributed by atoms with Gasteiger partial charge in [0.05, 0.1) is 0 Å². The number of rotatable bonds is 2. The molecule has 1 saturated carbocycles. The van der Waals surface area contributed by atoms with Crippen molar-refractivity contribution in [1.82, 2.24) is 0 Å².